The number of alkyl halides is 1. The number of ether oxygens (including phenoxy) is 1. The first-order valence-electron chi connectivity index (χ1n) is 3.75. The molecule has 0 heterocycles. The molecular weight excluding hydrogens is 272 g/mol. The van der Waals surface area contributed by atoms with Crippen LogP contribution in [-0.2, 0) is 0 Å². The maximum atomic E-state index is 12.8. The monoisotopic (exact) mass is 277 g/mol. The zero-order valence-corrected chi connectivity index (χ0v) is 9.35. The maximum Gasteiger partial charge on any atom is 0.154 e. The predicted octanol–water partition coefficient (Wildman–Crippen LogP) is 3.10. The van der Waals surface area contributed by atoms with Crippen LogP contribution in [0.5, 0.6) is 5.75 Å². The van der Waals surface area contributed by atoms with E-state index in [0.717, 1.165) is 0 Å². The van der Waals surface area contributed by atoms with Gasteiger partial charge in [0.2, 0.25) is 0 Å². The number of benzene rings is 1. The second-order valence-electron chi connectivity index (χ2n) is 2.48. The van der Waals surface area contributed by atoms with Crippen LogP contribution in [-0.4, -0.2) is 12.0 Å². The lowest BCUT2D eigenvalue weighted by Gasteiger charge is -2.06. The topological polar surface area (TPSA) is 33.0 Å². The fourth-order valence-electron chi connectivity index (χ4n) is 0.773. The van der Waals surface area contributed by atoms with Gasteiger partial charge in [-0.05, 0) is 34.1 Å². The number of rotatable bonds is 3. The second kappa shape index (κ2) is 5.18. The number of nitrogens with zero attached hydrogens (tertiary/aromatic N) is 1. The Morgan fingerprint density at radius 3 is 2.93 bits per heavy atom. The van der Waals surface area contributed by atoms with Crippen molar-refractivity contribution in [2.24, 2.45) is 0 Å². The largest absolute Gasteiger partial charge is 0.491 e. The lowest BCUT2D eigenvalue weighted by atomic mass is 10.3. The molecule has 0 amide bonds. The molecular formula is C9H6BrClFNO. The smallest absolute Gasteiger partial charge is 0.154 e. The van der Waals surface area contributed by atoms with E-state index in [1.807, 2.05) is 6.07 Å². The van der Waals surface area contributed by atoms with Gasteiger partial charge in [0.25, 0.3) is 0 Å². The van der Waals surface area contributed by atoms with Crippen molar-refractivity contribution in [3.8, 4) is 11.8 Å². The molecule has 1 unspecified atom stereocenters. The van der Waals surface area contributed by atoms with Crippen molar-refractivity contribution in [3.05, 3.63) is 28.5 Å². The lowest BCUT2D eigenvalue weighted by molar-refractivity contribution is 0.328. The van der Waals surface area contributed by atoms with Gasteiger partial charge >= 0.3 is 0 Å². The van der Waals surface area contributed by atoms with Crippen LogP contribution in [0, 0.1) is 17.1 Å². The molecule has 74 valence electrons. The van der Waals surface area contributed by atoms with E-state index in [9.17, 15) is 4.39 Å². The molecule has 0 aliphatic heterocycles. The van der Waals surface area contributed by atoms with Gasteiger partial charge in [0.05, 0.1) is 10.5 Å². The summed E-state index contributed by atoms with van der Waals surface area (Å²) in [7, 11) is 0. The third kappa shape index (κ3) is 3.17. The van der Waals surface area contributed by atoms with Gasteiger partial charge in [-0.2, -0.15) is 5.26 Å². The average Bonchev–Trinajstić information content (AvgIpc) is 2.19. The fourth-order valence-corrected chi connectivity index (χ4v) is 1.19. The van der Waals surface area contributed by atoms with Gasteiger partial charge in [-0.3, -0.25) is 0 Å². The Morgan fingerprint density at radius 1 is 1.64 bits per heavy atom. The van der Waals surface area contributed by atoms with Gasteiger partial charge < -0.3 is 4.74 Å². The summed E-state index contributed by atoms with van der Waals surface area (Å²) in [5.41, 5.74) is 0. The molecule has 1 aromatic rings. The van der Waals surface area contributed by atoms with Crippen molar-refractivity contribution < 1.29 is 9.13 Å². The molecule has 0 aromatic heterocycles. The van der Waals surface area contributed by atoms with Crippen LogP contribution < -0.4 is 4.74 Å². The van der Waals surface area contributed by atoms with Gasteiger partial charge in [-0.25, -0.2) is 4.39 Å². The lowest BCUT2D eigenvalue weighted by Crippen LogP contribution is -2.09. The number of nitriles is 1. The summed E-state index contributed by atoms with van der Waals surface area (Å²) in [6, 6.07) is 6.04. The summed E-state index contributed by atoms with van der Waals surface area (Å²) < 4.78 is 18.2. The van der Waals surface area contributed by atoms with Gasteiger partial charge in [0, 0.05) is 0 Å². The number of halogens is 3. The van der Waals surface area contributed by atoms with E-state index < -0.39 is 5.38 Å². The summed E-state index contributed by atoms with van der Waals surface area (Å²) in [4.78, 5) is 0. The highest BCUT2D eigenvalue weighted by Crippen LogP contribution is 2.21. The fraction of sp³-hybridized carbons (Fsp3) is 0.222. The molecule has 0 N–H and O–H groups in total. The van der Waals surface area contributed by atoms with Crippen LogP contribution in [0.2, 0.25) is 0 Å². The van der Waals surface area contributed by atoms with Gasteiger partial charge in [-0.1, -0.05) is 0 Å². The first-order chi connectivity index (χ1) is 6.63. The van der Waals surface area contributed by atoms with Crippen molar-refractivity contribution in [2.45, 2.75) is 5.38 Å². The second-order valence-corrected chi connectivity index (χ2v) is 3.86. The summed E-state index contributed by atoms with van der Waals surface area (Å²) in [5, 5.41) is 7.68. The predicted molar refractivity (Wildman–Crippen MR) is 54.8 cm³/mol. The van der Waals surface area contributed by atoms with Crippen molar-refractivity contribution in [1.29, 1.82) is 5.26 Å². The van der Waals surface area contributed by atoms with E-state index in [-0.39, 0.29) is 12.4 Å². The van der Waals surface area contributed by atoms with E-state index in [4.69, 9.17) is 21.6 Å². The minimum absolute atomic E-state index is 0.0795. The molecule has 0 saturated carbocycles. The molecule has 5 heteroatoms. The van der Waals surface area contributed by atoms with Crippen molar-refractivity contribution in [3.63, 3.8) is 0 Å². The Labute approximate surface area is 94.4 Å². The third-order valence-electron chi connectivity index (χ3n) is 1.43. The summed E-state index contributed by atoms with van der Waals surface area (Å²) in [6.07, 6.45) is 0. The highest BCUT2D eigenvalue weighted by molar-refractivity contribution is 9.10. The molecule has 0 aliphatic rings. The van der Waals surface area contributed by atoms with Gasteiger partial charge in [0.15, 0.2) is 5.38 Å². The van der Waals surface area contributed by atoms with Crippen LogP contribution >= 0.6 is 27.5 Å². The molecule has 0 radical (unpaired) electrons. The Bertz CT molecular complexity index is 366. The molecule has 0 fully saturated rings. The first-order valence-corrected chi connectivity index (χ1v) is 4.98. The normalized spacial score (nSPS) is 11.9. The van der Waals surface area contributed by atoms with Crippen molar-refractivity contribution >= 4 is 27.5 Å². The zero-order valence-electron chi connectivity index (χ0n) is 7.01. The Morgan fingerprint density at radius 2 is 2.36 bits per heavy atom. The minimum atomic E-state index is -0.696. The molecule has 14 heavy (non-hydrogen) atoms. The molecule has 0 spiro atoms. The Hall–Kier alpha value is -0.790. The van der Waals surface area contributed by atoms with Crippen molar-refractivity contribution in [1.82, 2.24) is 0 Å². The number of hydrogen-bond acceptors (Lipinski definition) is 2. The highest BCUT2D eigenvalue weighted by Gasteiger charge is 2.05. The summed E-state index contributed by atoms with van der Waals surface area (Å²) >= 11 is 8.53. The Balaban J connectivity index is 2.61. The summed E-state index contributed by atoms with van der Waals surface area (Å²) in [6.45, 7) is 0.0795. The van der Waals surface area contributed by atoms with E-state index >= 15 is 0 Å². The third-order valence-corrected chi connectivity index (χ3v) is 2.26. The molecule has 2 nitrogen and oxygen atoms in total. The van der Waals surface area contributed by atoms with Crippen LogP contribution in [0.15, 0.2) is 22.7 Å². The SMILES string of the molecule is N#CC(Cl)COc1ccc(F)c(Br)c1. The standard InChI is InChI=1S/C9H6BrClFNO/c10-8-3-7(1-2-9(8)12)14-5-6(11)4-13/h1-3,6H,5H2. The van der Waals surface area contributed by atoms with E-state index in [2.05, 4.69) is 15.9 Å². The number of hydrogen-bond donors (Lipinski definition) is 0. The summed E-state index contributed by atoms with van der Waals surface area (Å²) in [5.74, 6) is 0.110. The van der Waals surface area contributed by atoms with Crippen LogP contribution in [0.4, 0.5) is 4.39 Å². The van der Waals surface area contributed by atoms with Crippen LogP contribution in [0.1, 0.15) is 0 Å². The molecule has 0 aliphatic carbocycles. The quantitative estimate of drug-likeness (QED) is 0.796. The molecule has 1 atom stereocenters. The maximum absolute atomic E-state index is 12.8. The van der Waals surface area contributed by atoms with E-state index in [1.54, 1.807) is 0 Å². The van der Waals surface area contributed by atoms with E-state index in [1.165, 1.54) is 18.2 Å². The van der Waals surface area contributed by atoms with Crippen LogP contribution in [0.3, 0.4) is 0 Å². The van der Waals surface area contributed by atoms with Crippen molar-refractivity contribution in [2.75, 3.05) is 6.61 Å². The van der Waals surface area contributed by atoms with E-state index in [0.29, 0.717) is 10.2 Å². The van der Waals surface area contributed by atoms with Gasteiger partial charge in [-0.15, -0.1) is 11.6 Å². The highest BCUT2D eigenvalue weighted by atomic mass is 79.9. The first kappa shape index (κ1) is 11.3. The Kier molecular flexibility index (Phi) is 4.18. The molecule has 0 bridgehead atoms. The molecule has 1 aromatic carbocycles. The molecule has 0 saturated heterocycles. The van der Waals surface area contributed by atoms with Crippen LogP contribution in [0.25, 0.3) is 0 Å². The van der Waals surface area contributed by atoms with Gasteiger partial charge in [0.1, 0.15) is 18.2 Å². The zero-order chi connectivity index (χ0) is 10.6. The average molecular weight is 279 g/mol. The minimum Gasteiger partial charge on any atom is -0.491 e. The molecule has 1 rings (SSSR count).